The molecule has 3 aromatic carbocycles. The van der Waals surface area contributed by atoms with Crippen molar-refractivity contribution in [2.24, 2.45) is 11.3 Å². The molecule has 0 bridgehead atoms. The number of pyridine rings is 1. The number of carbonyl (C=O) groups excluding carboxylic acids is 1. The summed E-state index contributed by atoms with van der Waals surface area (Å²) in [5.41, 5.74) is 12.2. The number of hydrogen-bond donors (Lipinski definition) is 5. The number of piperidine rings is 1. The minimum atomic E-state index is -0.606. The number of nitrogens with one attached hydrogen (secondary N) is 3. The van der Waals surface area contributed by atoms with Crippen molar-refractivity contribution in [1.82, 2.24) is 19.6 Å². The van der Waals surface area contributed by atoms with E-state index in [1.807, 2.05) is 38.1 Å². The Bertz CT molecular complexity index is 2580. The number of aromatic amines is 1. The van der Waals surface area contributed by atoms with E-state index in [0.717, 1.165) is 74.9 Å². The fourth-order valence-corrected chi connectivity index (χ4v) is 12.2. The summed E-state index contributed by atoms with van der Waals surface area (Å²) in [5.74, 6) is 1.40. The summed E-state index contributed by atoms with van der Waals surface area (Å²) in [7, 11) is 0. The number of nitrogen functional groups attached to an aromatic ring is 1. The first-order chi connectivity index (χ1) is 31.9. The quantitative estimate of drug-likeness (QED) is 0.0601. The molecule has 14 heteroatoms. The van der Waals surface area contributed by atoms with Crippen molar-refractivity contribution in [1.29, 1.82) is 0 Å². The van der Waals surface area contributed by atoms with E-state index < -0.39 is 11.4 Å². The summed E-state index contributed by atoms with van der Waals surface area (Å²) in [5, 5.41) is 14.3. The number of aromatic nitrogens is 2. The predicted octanol–water partition coefficient (Wildman–Crippen LogP) is 10.7. The molecular weight excluding hydrogens is 854 g/mol. The van der Waals surface area contributed by atoms with Gasteiger partial charge in [-0.1, -0.05) is 38.1 Å². The second-order valence-electron chi connectivity index (χ2n) is 20.1. The average Bonchev–Trinajstić information content (AvgIpc) is 3.93. The molecule has 0 radical (unpaired) electrons. The topological polar surface area (TPSA) is 150 Å². The third-order valence-electron chi connectivity index (χ3n) is 15.3. The van der Waals surface area contributed by atoms with E-state index in [2.05, 4.69) is 67.9 Å². The highest BCUT2D eigenvalue weighted by Crippen LogP contribution is 2.54. The SMILES string of the molecule is CCOc1nc2[nH]cc(F)c2cc1Oc1cc(N2CCC3(CC2)CC(N2CCCC2c2ccccc2C(C)C)C3)ccc1C(=O)NSc1cc(N)c2c(c1)OC[C@H](C1CCC(C)(O)CC1)N2. The maximum atomic E-state index is 14.9. The number of hydrogen-bond acceptors (Lipinski definition) is 11. The number of rotatable bonds is 12. The molecule has 10 rings (SSSR count). The molecule has 1 amide bonds. The molecule has 350 valence electrons. The number of nitrogens with two attached hydrogens (primary N) is 1. The number of amides is 1. The molecule has 2 aromatic heterocycles. The lowest BCUT2D eigenvalue weighted by atomic mass is 9.59. The second-order valence-corrected chi connectivity index (χ2v) is 21.0. The molecular formula is C52H64FN7O5S. The van der Waals surface area contributed by atoms with Gasteiger partial charge < -0.3 is 40.3 Å². The molecule has 66 heavy (non-hydrogen) atoms. The van der Waals surface area contributed by atoms with Gasteiger partial charge in [-0.2, -0.15) is 4.98 Å². The molecule has 2 aliphatic carbocycles. The van der Waals surface area contributed by atoms with E-state index in [0.29, 0.717) is 75.8 Å². The zero-order valence-electron chi connectivity index (χ0n) is 38.6. The summed E-state index contributed by atoms with van der Waals surface area (Å²) in [4.78, 5) is 27.5. The van der Waals surface area contributed by atoms with Crippen molar-refractivity contribution in [3.8, 4) is 23.1 Å². The Morgan fingerprint density at radius 2 is 1.83 bits per heavy atom. The Morgan fingerprint density at radius 1 is 1.05 bits per heavy atom. The van der Waals surface area contributed by atoms with Gasteiger partial charge >= 0.3 is 0 Å². The first kappa shape index (κ1) is 44.6. The van der Waals surface area contributed by atoms with E-state index in [1.54, 1.807) is 12.1 Å². The first-order valence-corrected chi connectivity index (χ1v) is 24.9. The van der Waals surface area contributed by atoms with Crippen molar-refractivity contribution in [3.63, 3.8) is 0 Å². The van der Waals surface area contributed by atoms with Crippen LogP contribution in [-0.4, -0.2) is 76.4 Å². The Labute approximate surface area is 391 Å². The number of fused-ring (bicyclic) bond motifs is 2. The zero-order valence-corrected chi connectivity index (χ0v) is 39.4. The van der Waals surface area contributed by atoms with Crippen LogP contribution in [-0.2, 0) is 0 Å². The summed E-state index contributed by atoms with van der Waals surface area (Å²) in [6.45, 7) is 12.2. The third-order valence-corrected chi connectivity index (χ3v) is 16.1. The van der Waals surface area contributed by atoms with Crippen LogP contribution in [0.25, 0.3) is 11.0 Å². The second kappa shape index (κ2) is 18.1. The summed E-state index contributed by atoms with van der Waals surface area (Å²) in [6, 6.07) is 21.3. The molecule has 12 nitrogen and oxygen atoms in total. The Morgan fingerprint density at radius 3 is 2.61 bits per heavy atom. The fourth-order valence-electron chi connectivity index (χ4n) is 11.5. The lowest BCUT2D eigenvalue weighted by Crippen LogP contribution is -2.54. The molecule has 2 saturated carbocycles. The summed E-state index contributed by atoms with van der Waals surface area (Å²) in [6.07, 6.45) is 11.8. The maximum absolute atomic E-state index is 14.9. The normalized spacial score (nSPS) is 24.2. The smallest absolute Gasteiger partial charge is 0.265 e. The van der Waals surface area contributed by atoms with Gasteiger partial charge in [0.05, 0.1) is 34.9 Å². The van der Waals surface area contributed by atoms with E-state index in [9.17, 15) is 14.3 Å². The summed E-state index contributed by atoms with van der Waals surface area (Å²) < 4.78 is 36.6. The minimum absolute atomic E-state index is 0.103. The van der Waals surface area contributed by atoms with Crippen molar-refractivity contribution in [2.45, 2.75) is 126 Å². The van der Waals surface area contributed by atoms with Gasteiger partial charge in [-0.3, -0.25) is 14.4 Å². The van der Waals surface area contributed by atoms with Crippen LogP contribution in [0.1, 0.15) is 125 Å². The van der Waals surface area contributed by atoms with E-state index >= 15 is 0 Å². The van der Waals surface area contributed by atoms with Gasteiger partial charge in [-0.25, -0.2) is 4.39 Å². The number of likely N-dealkylation sites (tertiary alicyclic amines) is 1. The number of ether oxygens (including phenoxy) is 3. The third kappa shape index (κ3) is 8.88. The molecule has 5 aromatic rings. The molecule has 1 spiro atoms. The zero-order chi connectivity index (χ0) is 45.7. The Balaban J connectivity index is 0.845. The molecule has 5 aliphatic rings. The van der Waals surface area contributed by atoms with Crippen molar-refractivity contribution < 1.29 is 28.5 Å². The number of benzene rings is 3. The van der Waals surface area contributed by atoms with Gasteiger partial charge in [-0.15, -0.1) is 0 Å². The average molecular weight is 918 g/mol. The minimum Gasteiger partial charge on any atom is -0.489 e. The largest absolute Gasteiger partial charge is 0.489 e. The van der Waals surface area contributed by atoms with Gasteiger partial charge in [0.1, 0.15) is 35.3 Å². The molecule has 5 heterocycles. The molecule has 6 N–H and O–H groups in total. The van der Waals surface area contributed by atoms with Crippen LogP contribution >= 0.6 is 11.9 Å². The highest BCUT2D eigenvalue weighted by Gasteiger charge is 2.50. The highest BCUT2D eigenvalue weighted by molar-refractivity contribution is 7.98. The number of anilines is 3. The van der Waals surface area contributed by atoms with Crippen LogP contribution in [0.3, 0.4) is 0 Å². The molecule has 1 unspecified atom stereocenters. The van der Waals surface area contributed by atoms with Crippen molar-refractivity contribution in [3.05, 3.63) is 89.4 Å². The number of H-pyrrole nitrogens is 1. The Hall–Kier alpha value is -5.18. The van der Waals surface area contributed by atoms with Gasteiger partial charge in [0.25, 0.3) is 11.8 Å². The van der Waals surface area contributed by atoms with Gasteiger partial charge in [0, 0.05) is 54.1 Å². The first-order valence-electron chi connectivity index (χ1n) is 24.1. The van der Waals surface area contributed by atoms with Crippen molar-refractivity contribution >= 4 is 46.0 Å². The lowest BCUT2D eigenvalue weighted by Gasteiger charge is -2.56. The Kier molecular flexibility index (Phi) is 12.3. The number of halogens is 1. The number of carbonyl (C=O) groups is 1. The van der Waals surface area contributed by atoms with Gasteiger partial charge in [-0.05, 0) is 149 Å². The number of aliphatic hydroxyl groups is 1. The van der Waals surface area contributed by atoms with Crippen LogP contribution in [0.5, 0.6) is 23.1 Å². The van der Waals surface area contributed by atoms with Gasteiger partial charge in [0.2, 0.25) is 0 Å². The fraction of sp³-hybridized carbons (Fsp3) is 0.500. The van der Waals surface area contributed by atoms with E-state index in [1.165, 1.54) is 49.6 Å². The standard InChI is InChI=1S/C52H64FN7O5S/c1-5-63-50-46(26-39-40(53)29-55-48(39)57-50)65-44-23-33(59-21-18-52(19-22-59)27-34(28-52)60-20-8-11-43(60)37-10-7-6-9-36(37)31(2)3)12-13-38(44)49(61)58-66-35-24-41(54)47-45(25-35)64-30-42(56-47)32-14-16-51(4,62)17-15-32/h6-7,9-10,12-13,23-26,29,31-32,34,42-43,56,62H,5,8,11,14-22,27-28,30,54H2,1-4H3,(H,55,57)(H,58,61)/t32?,42-,43?,51?/m1/s1. The molecule has 2 atom stereocenters. The maximum Gasteiger partial charge on any atom is 0.265 e. The predicted molar refractivity (Wildman–Crippen MR) is 260 cm³/mol. The number of nitrogens with zero attached hydrogens (tertiary/aromatic N) is 3. The van der Waals surface area contributed by atoms with Crippen LogP contribution in [0.15, 0.2) is 71.8 Å². The van der Waals surface area contributed by atoms with Crippen LogP contribution in [0, 0.1) is 17.2 Å². The molecule has 2 saturated heterocycles. The van der Waals surface area contributed by atoms with E-state index in [4.69, 9.17) is 19.9 Å². The lowest BCUT2D eigenvalue weighted by molar-refractivity contribution is -0.0227. The highest BCUT2D eigenvalue weighted by atomic mass is 32.2. The molecule has 4 fully saturated rings. The molecule has 3 aliphatic heterocycles. The summed E-state index contributed by atoms with van der Waals surface area (Å²) >= 11 is 1.15. The monoisotopic (exact) mass is 917 g/mol. The van der Waals surface area contributed by atoms with Gasteiger partial charge in [0.15, 0.2) is 5.75 Å². The van der Waals surface area contributed by atoms with Crippen LogP contribution in [0.2, 0.25) is 0 Å². The van der Waals surface area contributed by atoms with Crippen molar-refractivity contribution in [2.75, 3.05) is 48.8 Å². The van der Waals surface area contributed by atoms with E-state index in [-0.39, 0.29) is 29.0 Å². The van der Waals surface area contributed by atoms with Crippen LogP contribution < -0.4 is 34.9 Å². The van der Waals surface area contributed by atoms with Crippen LogP contribution in [0.4, 0.5) is 21.5 Å².